The van der Waals surface area contributed by atoms with Gasteiger partial charge in [-0.25, -0.2) is 8.42 Å². The number of anilines is 1. The fourth-order valence-electron chi connectivity index (χ4n) is 4.31. The fraction of sp³-hybridized carbons (Fsp3) is 0.321. The zero-order valence-corrected chi connectivity index (χ0v) is 21.9. The summed E-state index contributed by atoms with van der Waals surface area (Å²) in [5.74, 6) is 0.550. The van der Waals surface area contributed by atoms with Crippen LogP contribution in [0, 0.1) is 6.92 Å². The summed E-state index contributed by atoms with van der Waals surface area (Å²) in [5, 5.41) is 2.96. The van der Waals surface area contributed by atoms with Gasteiger partial charge in [-0.2, -0.15) is 0 Å². The quantitative estimate of drug-likeness (QED) is 0.488. The summed E-state index contributed by atoms with van der Waals surface area (Å²) in [5.41, 5.74) is 4.73. The molecule has 0 bridgehead atoms. The molecule has 3 aromatic carbocycles. The Balaban J connectivity index is 1.61. The molecule has 1 amide bonds. The molecule has 0 aliphatic carbocycles. The van der Waals surface area contributed by atoms with Gasteiger partial charge in [0.25, 0.3) is 15.9 Å². The Morgan fingerprint density at radius 3 is 2.44 bits per heavy atom. The van der Waals surface area contributed by atoms with Crippen LogP contribution in [0.5, 0.6) is 11.5 Å². The monoisotopic (exact) mass is 508 g/mol. The first-order valence-corrected chi connectivity index (χ1v) is 13.5. The molecular formula is C28H32N2O5S. The number of ether oxygens (including phenoxy) is 2. The molecule has 0 saturated heterocycles. The lowest BCUT2D eigenvalue weighted by Gasteiger charge is -2.35. The molecule has 0 fully saturated rings. The smallest absolute Gasteiger partial charge is 0.264 e. The van der Waals surface area contributed by atoms with Crippen LogP contribution in [0.1, 0.15) is 36.1 Å². The fourth-order valence-corrected chi connectivity index (χ4v) is 5.77. The van der Waals surface area contributed by atoms with Crippen molar-refractivity contribution in [3.8, 4) is 11.5 Å². The highest BCUT2D eigenvalue weighted by Gasteiger charge is 2.37. The van der Waals surface area contributed by atoms with Crippen molar-refractivity contribution in [3.05, 3.63) is 82.9 Å². The molecule has 1 N–H and O–H groups in total. The number of hydrogen-bond acceptors (Lipinski definition) is 5. The van der Waals surface area contributed by atoms with E-state index in [1.807, 2.05) is 13.0 Å². The van der Waals surface area contributed by atoms with E-state index in [0.29, 0.717) is 23.7 Å². The Labute approximate surface area is 213 Å². The second-order valence-corrected chi connectivity index (χ2v) is 10.7. The summed E-state index contributed by atoms with van der Waals surface area (Å²) < 4.78 is 39.7. The molecule has 0 aromatic heterocycles. The van der Waals surface area contributed by atoms with Crippen molar-refractivity contribution in [2.24, 2.45) is 0 Å². The van der Waals surface area contributed by atoms with Crippen LogP contribution in [0.3, 0.4) is 0 Å². The third kappa shape index (κ3) is 5.18. The number of nitrogens with zero attached hydrogens (tertiary/aromatic N) is 1. The van der Waals surface area contributed by atoms with Crippen LogP contribution < -0.4 is 19.1 Å². The van der Waals surface area contributed by atoms with E-state index >= 15 is 0 Å². The first-order valence-electron chi connectivity index (χ1n) is 12.1. The van der Waals surface area contributed by atoms with Crippen LogP contribution in [-0.2, 0) is 34.2 Å². The van der Waals surface area contributed by atoms with Crippen molar-refractivity contribution in [3.63, 3.8) is 0 Å². The molecule has 36 heavy (non-hydrogen) atoms. The van der Waals surface area contributed by atoms with Gasteiger partial charge in [0.15, 0.2) is 6.10 Å². The average Bonchev–Trinajstić information content (AvgIpc) is 2.90. The Hall–Kier alpha value is -3.52. The van der Waals surface area contributed by atoms with E-state index in [9.17, 15) is 13.2 Å². The highest BCUT2D eigenvalue weighted by atomic mass is 32.2. The van der Waals surface area contributed by atoms with E-state index in [1.54, 1.807) is 24.3 Å². The van der Waals surface area contributed by atoms with E-state index in [1.165, 1.54) is 34.7 Å². The minimum atomic E-state index is -3.95. The molecule has 7 nitrogen and oxygen atoms in total. The van der Waals surface area contributed by atoms with Crippen LogP contribution in [0.25, 0.3) is 0 Å². The van der Waals surface area contributed by atoms with E-state index in [-0.39, 0.29) is 17.3 Å². The minimum absolute atomic E-state index is 0.112. The predicted octanol–water partition coefficient (Wildman–Crippen LogP) is 4.40. The molecule has 8 heteroatoms. The van der Waals surface area contributed by atoms with Crippen molar-refractivity contribution >= 4 is 21.6 Å². The second-order valence-electron chi connectivity index (χ2n) is 8.82. The van der Waals surface area contributed by atoms with Crippen molar-refractivity contribution in [2.45, 2.75) is 51.2 Å². The molecule has 1 atom stereocenters. The summed E-state index contributed by atoms with van der Waals surface area (Å²) in [6.45, 7) is 6.27. The number of methoxy groups -OCH3 is 1. The molecule has 0 spiro atoms. The van der Waals surface area contributed by atoms with Crippen LogP contribution in [0.4, 0.5) is 5.69 Å². The number of amides is 1. The van der Waals surface area contributed by atoms with Gasteiger partial charge in [-0.3, -0.25) is 9.10 Å². The molecule has 0 saturated carbocycles. The Bertz CT molecular complexity index is 1350. The minimum Gasteiger partial charge on any atom is -0.497 e. The SMILES string of the molecule is CCc1ccc(CC)c(CNC(=O)C2CN(S(=O)(=O)c3ccc(OC)cc3)c3cc(C)ccc3O2)c1. The molecule has 4 rings (SSSR count). The lowest BCUT2D eigenvalue weighted by atomic mass is 10.0. The van der Waals surface area contributed by atoms with Gasteiger partial charge in [0.05, 0.1) is 24.2 Å². The third-order valence-electron chi connectivity index (χ3n) is 6.44. The lowest BCUT2D eigenvalue weighted by molar-refractivity contribution is -0.127. The molecule has 1 heterocycles. The number of carbonyl (C=O) groups is 1. The standard InChI is InChI=1S/C28H32N2O5S/c1-5-20-8-9-21(6-2)22(16-20)17-29-28(31)27-18-30(25-15-19(3)7-14-26(25)35-27)36(32,33)24-12-10-23(34-4)11-13-24/h7-16,27H,5-6,17-18H2,1-4H3,(H,29,31). The molecular weight excluding hydrogens is 476 g/mol. The number of rotatable bonds is 8. The van der Waals surface area contributed by atoms with Crippen LogP contribution in [0.2, 0.25) is 0 Å². The molecule has 1 aliphatic heterocycles. The summed E-state index contributed by atoms with van der Waals surface area (Å²) in [6.07, 6.45) is 0.772. The van der Waals surface area contributed by atoms with Gasteiger partial charge in [0.2, 0.25) is 0 Å². The average molecular weight is 509 g/mol. The molecule has 190 valence electrons. The number of benzene rings is 3. The van der Waals surface area contributed by atoms with Crippen LogP contribution in [-0.4, -0.2) is 34.1 Å². The second kappa shape index (κ2) is 10.6. The molecule has 1 aliphatic rings. The van der Waals surface area contributed by atoms with Gasteiger partial charge in [0.1, 0.15) is 11.5 Å². The van der Waals surface area contributed by atoms with Crippen molar-refractivity contribution in [2.75, 3.05) is 18.0 Å². The van der Waals surface area contributed by atoms with Gasteiger partial charge in [-0.05, 0) is 78.4 Å². The maximum absolute atomic E-state index is 13.7. The Morgan fingerprint density at radius 1 is 1.03 bits per heavy atom. The first kappa shape index (κ1) is 25.6. The Morgan fingerprint density at radius 2 is 1.78 bits per heavy atom. The van der Waals surface area contributed by atoms with Crippen molar-refractivity contribution < 1.29 is 22.7 Å². The summed E-state index contributed by atoms with van der Waals surface area (Å²) in [7, 11) is -2.43. The number of aryl methyl sites for hydroxylation is 3. The lowest BCUT2D eigenvalue weighted by Crippen LogP contribution is -2.50. The van der Waals surface area contributed by atoms with E-state index in [0.717, 1.165) is 24.0 Å². The molecule has 1 unspecified atom stereocenters. The van der Waals surface area contributed by atoms with Crippen molar-refractivity contribution in [1.82, 2.24) is 5.32 Å². The van der Waals surface area contributed by atoms with Gasteiger partial charge in [-0.15, -0.1) is 0 Å². The highest BCUT2D eigenvalue weighted by molar-refractivity contribution is 7.92. The Kier molecular flexibility index (Phi) is 7.54. The largest absolute Gasteiger partial charge is 0.497 e. The van der Waals surface area contributed by atoms with E-state index in [2.05, 4.69) is 37.4 Å². The number of fused-ring (bicyclic) bond motifs is 1. The zero-order chi connectivity index (χ0) is 25.9. The topological polar surface area (TPSA) is 84.9 Å². The van der Waals surface area contributed by atoms with Gasteiger partial charge in [0, 0.05) is 6.54 Å². The number of nitrogens with one attached hydrogen (secondary N) is 1. The summed E-state index contributed by atoms with van der Waals surface area (Å²) in [4.78, 5) is 13.3. The van der Waals surface area contributed by atoms with Crippen LogP contribution >= 0.6 is 0 Å². The summed E-state index contributed by atoms with van der Waals surface area (Å²) in [6, 6.07) is 17.8. The maximum Gasteiger partial charge on any atom is 0.264 e. The number of hydrogen-bond donors (Lipinski definition) is 1. The van der Waals surface area contributed by atoms with Gasteiger partial charge < -0.3 is 14.8 Å². The van der Waals surface area contributed by atoms with Gasteiger partial charge in [-0.1, -0.05) is 38.1 Å². The first-order chi connectivity index (χ1) is 17.3. The van der Waals surface area contributed by atoms with Crippen molar-refractivity contribution in [1.29, 1.82) is 0 Å². The highest BCUT2D eigenvalue weighted by Crippen LogP contribution is 2.38. The molecule has 3 aromatic rings. The van der Waals surface area contributed by atoms with Crippen LogP contribution in [0.15, 0.2) is 65.6 Å². The zero-order valence-electron chi connectivity index (χ0n) is 21.1. The predicted molar refractivity (Wildman–Crippen MR) is 140 cm³/mol. The number of carbonyl (C=O) groups excluding carboxylic acids is 1. The molecule has 0 radical (unpaired) electrons. The number of sulfonamides is 1. The van der Waals surface area contributed by atoms with E-state index < -0.39 is 16.1 Å². The normalized spacial score (nSPS) is 15.1. The van der Waals surface area contributed by atoms with Gasteiger partial charge >= 0.3 is 0 Å². The third-order valence-corrected chi connectivity index (χ3v) is 8.23. The maximum atomic E-state index is 13.7. The summed E-state index contributed by atoms with van der Waals surface area (Å²) >= 11 is 0. The van der Waals surface area contributed by atoms with E-state index in [4.69, 9.17) is 9.47 Å².